The average molecular weight is 289 g/mol. The highest BCUT2D eigenvalue weighted by Crippen LogP contribution is 2.26. The van der Waals surface area contributed by atoms with Gasteiger partial charge in [-0.15, -0.1) is 23.7 Å². The summed E-state index contributed by atoms with van der Waals surface area (Å²) in [4.78, 5) is 13.2. The highest BCUT2D eigenvalue weighted by molar-refractivity contribution is 7.10. The summed E-state index contributed by atoms with van der Waals surface area (Å²) >= 11 is 1.75. The lowest BCUT2D eigenvalue weighted by Gasteiger charge is -2.24. The van der Waals surface area contributed by atoms with Crippen LogP contribution in [-0.4, -0.2) is 25.5 Å². The van der Waals surface area contributed by atoms with Crippen LogP contribution in [-0.2, 0) is 10.2 Å². The van der Waals surface area contributed by atoms with Gasteiger partial charge in [0.05, 0.1) is 5.92 Å². The molecule has 0 spiro atoms. The van der Waals surface area contributed by atoms with Gasteiger partial charge in [-0.3, -0.25) is 4.79 Å². The maximum absolute atomic E-state index is 11.9. The smallest absolute Gasteiger partial charge is 0.224 e. The van der Waals surface area contributed by atoms with Crippen LogP contribution < -0.4 is 10.6 Å². The predicted molar refractivity (Wildman–Crippen MR) is 78.6 cm³/mol. The van der Waals surface area contributed by atoms with Gasteiger partial charge in [-0.05, 0) is 24.4 Å². The predicted octanol–water partition coefficient (Wildman–Crippen LogP) is 2.17. The van der Waals surface area contributed by atoms with Crippen molar-refractivity contribution in [2.24, 2.45) is 5.92 Å². The molecule has 5 heteroatoms. The number of halogens is 1. The van der Waals surface area contributed by atoms with Gasteiger partial charge < -0.3 is 10.6 Å². The van der Waals surface area contributed by atoms with Crippen LogP contribution in [0.2, 0.25) is 0 Å². The fraction of sp³-hybridized carbons (Fsp3) is 0.615. The van der Waals surface area contributed by atoms with E-state index < -0.39 is 0 Å². The second-order valence-corrected chi connectivity index (χ2v) is 6.22. The van der Waals surface area contributed by atoms with Gasteiger partial charge in [-0.1, -0.05) is 19.9 Å². The van der Waals surface area contributed by atoms with E-state index in [1.54, 1.807) is 11.3 Å². The van der Waals surface area contributed by atoms with E-state index in [1.165, 1.54) is 4.88 Å². The largest absolute Gasteiger partial charge is 0.355 e. The van der Waals surface area contributed by atoms with Gasteiger partial charge in [0.1, 0.15) is 0 Å². The van der Waals surface area contributed by atoms with Crippen LogP contribution in [0.5, 0.6) is 0 Å². The average Bonchev–Trinajstić information content (AvgIpc) is 2.97. The summed E-state index contributed by atoms with van der Waals surface area (Å²) in [5.41, 5.74) is 0.0237. The Hall–Kier alpha value is -0.580. The van der Waals surface area contributed by atoms with Gasteiger partial charge >= 0.3 is 0 Å². The van der Waals surface area contributed by atoms with Gasteiger partial charge in [0, 0.05) is 23.4 Å². The van der Waals surface area contributed by atoms with E-state index in [9.17, 15) is 4.79 Å². The monoisotopic (exact) mass is 288 g/mol. The molecule has 1 aromatic heterocycles. The minimum Gasteiger partial charge on any atom is -0.355 e. The topological polar surface area (TPSA) is 41.1 Å². The molecule has 2 heterocycles. The quantitative estimate of drug-likeness (QED) is 0.892. The molecular weight excluding hydrogens is 268 g/mol. The van der Waals surface area contributed by atoms with Crippen molar-refractivity contribution in [3.63, 3.8) is 0 Å². The van der Waals surface area contributed by atoms with Gasteiger partial charge in [0.2, 0.25) is 5.91 Å². The van der Waals surface area contributed by atoms with E-state index in [2.05, 4.69) is 42.0 Å². The number of hydrogen-bond donors (Lipinski definition) is 2. The van der Waals surface area contributed by atoms with Crippen molar-refractivity contribution in [3.8, 4) is 0 Å². The Balaban J connectivity index is 0.00000162. The van der Waals surface area contributed by atoms with Crippen LogP contribution in [0.4, 0.5) is 0 Å². The summed E-state index contributed by atoms with van der Waals surface area (Å²) in [6.07, 6.45) is 0.964. The molecule has 1 aromatic rings. The Labute approximate surface area is 119 Å². The van der Waals surface area contributed by atoms with Crippen LogP contribution in [0.1, 0.15) is 25.1 Å². The molecule has 0 aromatic carbocycles. The van der Waals surface area contributed by atoms with Crippen molar-refractivity contribution < 1.29 is 4.79 Å². The molecule has 1 saturated heterocycles. The Kier molecular flexibility index (Phi) is 5.63. The standard InChI is InChI=1S/C13H20N2OS.ClH/c1-13(2,11-4-3-7-17-11)9-15-12(16)10-5-6-14-8-10;/h3-4,7,10,14H,5-6,8-9H2,1-2H3,(H,15,16);1H. The molecule has 0 bridgehead atoms. The van der Waals surface area contributed by atoms with Crippen molar-refractivity contribution >= 4 is 29.7 Å². The third kappa shape index (κ3) is 3.70. The number of thiophene rings is 1. The molecule has 0 radical (unpaired) electrons. The number of carbonyl (C=O) groups is 1. The van der Waals surface area contributed by atoms with Crippen LogP contribution in [0.15, 0.2) is 17.5 Å². The first kappa shape index (κ1) is 15.5. The second-order valence-electron chi connectivity index (χ2n) is 5.27. The SMILES string of the molecule is CC(C)(CNC(=O)C1CCNC1)c1cccs1.Cl. The van der Waals surface area contributed by atoms with Crippen molar-refractivity contribution in [1.82, 2.24) is 10.6 Å². The summed E-state index contributed by atoms with van der Waals surface area (Å²) in [7, 11) is 0. The molecule has 0 saturated carbocycles. The minimum atomic E-state index is 0. The van der Waals surface area contributed by atoms with E-state index in [-0.39, 0.29) is 29.6 Å². The lowest BCUT2D eigenvalue weighted by atomic mass is 9.91. The van der Waals surface area contributed by atoms with Gasteiger partial charge in [-0.2, -0.15) is 0 Å². The summed E-state index contributed by atoms with van der Waals surface area (Å²) in [6.45, 7) is 6.85. The zero-order valence-corrected chi connectivity index (χ0v) is 12.5. The lowest BCUT2D eigenvalue weighted by molar-refractivity contribution is -0.124. The third-order valence-corrected chi connectivity index (χ3v) is 4.56. The Bertz CT molecular complexity index is 372. The maximum atomic E-state index is 11.9. The zero-order chi connectivity index (χ0) is 12.3. The van der Waals surface area contributed by atoms with E-state index in [0.717, 1.165) is 19.5 Å². The fourth-order valence-electron chi connectivity index (χ4n) is 2.08. The number of amides is 1. The second kappa shape index (κ2) is 6.55. The molecule has 1 amide bonds. The number of rotatable bonds is 4. The molecule has 1 aliphatic rings. The van der Waals surface area contributed by atoms with Crippen molar-refractivity contribution in [2.75, 3.05) is 19.6 Å². The molecule has 1 unspecified atom stereocenters. The molecule has 1 atom stereocenters. The first-order valence-corrected chi connectivity index (χ1v) is 7.00. The first-order valence-electron chi connectivity index (χ1n) is 6.12. The van der Waals surface area contributed by atoms with Gasteiger partial charge in [0.15, 0.2) is 0 Å². The van der Waals surface area contributed by atoms with Crippen molar-refractivity contribution in [1.29, 1.82) is 0 Å². The molecule has 1 fully saturated rings. The highest BCUT2D eigenvalue weighted by atomic mass is 35.5. The highest BCUT2D eigenvalue weighted by Gasteiger charge is 2.26. The maximum Gasteiger partial charge on any atom is 0.224 e. The van der Waals surface area contributed by atoms with Gasteiger partial charge in [-0.25, -0.2) is 0 Å². The van der Waals surface area contributed by atoms with Crippen molar-refractivity contribution in [2.45, 2.75) is 25.7 Å². The molecule has 0 aliphatic carbocycles. The van der Waals surface area contributed by atoms with Crippen LogP contribution in [0.25, 0.3) is 0 Å². The minimum absolute atomic E-state index is 0. The summed E-state index contributed by atoms with van der Waals surface area (Å²) < 4.78 is 0. The Morgan fingerprint density at radius 1 is 1.61 bits per heavy atom. The fourth-order valence-corrected chi connectivity index (χ4v) is 2.93. The van der Waals surface area contributed by atoms with E-state index in [1.807, 2.05) is 0 Å². The molecular formula is C13H21ClN2OS. The van der Waals surface area contributed by atoms with E-state index in [0.29, 0.717) is 6.54 Å². The number of carbonyl (C=O) groups excluding carboxylic acids is 1. The number of nitrogens with one attached hydrogen (secondary N) is 2. The van der Waals surface area contributed by atoms with E-state index in [4.69, 9.17) is 0 Å². The van der Waals surface area contributed by atoms with Crippen molar-refractivity contribution in [3.05, 3.63) is 22.4 Å². The Morgan fingerprint density at radius 3 is 2.94 bits per heavy atom. The summed E-state index contributed by atoms with van der Waals surface area (Å²) in [6, 6.07) is 4.19. The summed E-state index contributed by atoms with van der Waals surface area (Å²) in [5, 5.41) is 8.38. The van der Waals surface area contributed by atoms with E-state index >= 15 is 0 Å². The van der Waals surface area contributed by atoms with Crippen LogP contribution in [0.3, 0.4) is 0 Å². The summed E-state index contributed by atoms with van der Waals surface area (Å²) in [5.74, 6) is 0.355. The van der Waals surface area contributed by atoms with Gasteiger partial charge in [0.25, 0.3) is 0 Å². The van der Waals surface area contributed by atoms with Crippen LogP contribution >= 0.6 is 23.7 Å². The molecule has 2 rings (SSSR count). The number of hydrogen-bond acceptors (Lipinski definition) is 3. The normalized spacial score (nSPS) is 19.3. The lowest BCUT2D eigenvalue weighted by Crippen LogP contribution is -2.39. The molecule has 2 N–H and O–H groups in total. The Morgan fingerprint density at radius 2 is 2.39 bits per heavy atom. The zero-order valence-electron chi connectivity index (χ0n) is 10.9. The van der Waals surface area contributed by atoms with Crippen LogP contribution in [0, 0.1) is 5.92 Å². The molecule has 3 nitrogen and oxygen atoms in total. The first-order chi connectivity index (χ1) is 8.09. The molecule has 1 aliphatic heterocycles. The molecule has 18 heavy (non-hydrogen) atoms. The third-order valence-electron chi connectivity index (χ3n) is 3.32. The molecule has 102 valence electrons.